The Bertz CT molecular complexity index is 349. The van der Waals surface area contributed by atoms with Gasteiger partial charge in [0.05, 0.1) is 0 Å². The zero-order valence-corrected chi connectivity index (χ0v) is 12.2. The lowest BCUT2D eigenvalue weighted by Gasteiger charge is -2.14. The van der Waals surface area contributed by atoms with Gasteiger partial charge in [-0.3, -0.25) is 0 Å². The van der Waals surface area contributed by atoms with E-state index in [1.54, 1.807) is 16.7 Å². The number of rotatable bonds is 9. The first-order valence-electron chi connectivity index (χ1n) is 7.54. The molecule has 0 radical (unpaired) electrons. The van der Waals surface area contributed by atoms with Gasteiger partial charge in [-0.2, -0.15) is 0 Å². The van der Waals surface area contributed by atoms with Gasteiger partial charge in [-0.1, -0.05) is 51.0 Å². The molecule has 0 unspecified atom stereocenters. The highest BCUT2D eigenvalue weighted by Crippen LogP contribution is 2.21. The molecule has 0 saturated carbocycles. The summed E-state index contributed by atoms with van der Waals surface area (Å²) in [5.74, 6) is 0. The summed E-state index contributed by atoms with van der Waals surface area (Å²) < 4.78 is 0. The molecule has 0 aromatic heterocycles. The van der Waals surface area contributed by atoms with Crippen LogP contribution in [0.1, 0.15) is 62.6 Å². The minimum absolute atomic E-state index is 1.09. The molecule has 0 atom stereocenters. The standard InChI is InChI=1S/C18H28/c1-4-7-11-16-13-10-14-17(12-8-5-2)18(16)15-9-6-3/h4,10,13-14H,1,5-9,11-12,15H2,2-3H3. The third-order valence-corrected chi connectivity index (χ3v) is 3.57. The molecule has 0 fully saturated rings. The van der Waals surface area contributed by atoms with Gasteiger partial charge in [0.2, 0.25) is 0 Å². The summed E-state index contributed by atoms with van der Waals surface area (Å²) in [6.07, 6.45) is 12.0. The zero-order chi connectivity index (χ0) is 13.2. The zero-order valence-electron chi connectivity index (χ0n) is 12.2. The molecular weight excluding hydrogens is 216 g/mol. The Labute approximate surface area is 113 Å². The number of hydrogen-bond donors (Lipinski definition) is 0. The Morgan fingerprint density at radius 3 is 2.17 bits per heavy atom. The molecule has 1 aromatic rings. The largest absolute Gasteiger partial charge is 0.103 e. The molecule has 0 N–H and O–H groups in total. The van der Waals surface area contributed by atoms with Crippen LogP contribution in [-0.4, -0.2) is 0 Å². The second-order valence-corrected chi connectivity index (χ2v) is 5.09. The first-order valence-corrected chi connectivity index (χ1v) is 7.54. The van der Waals surface area contributed by atoms with Crippen LogP contribution >= 0.6 is 0 Å². The van der Waals surface area contributed by atoms with E-state index in [2.05, 4.69) is 38.6 Å². The summed E-state index contributed by atoms with van der Waals surface area (Å²) in [6.45, 7) is 8.39. The molecule has 0 aliphatic heterocycles. The molecule has 0 aliphatic carbocycles. The molecule has 0 bridgehead atoms. The second kappa shape index (κ2) is 8.97. The summed E-state index contributed by atoms with van der Waals surface area (Å²) in [4.78, 5) is 0. The van der Waals surface area contributed by atoms with E-state index in [0.29, 0.717) is 0 Å². The van der Waals surface area contributed by atoms with Crippen LogP contribution < -0.4 is 0 Å². The van der Waals surface area contributed by atoms with E-state index in [9.17, 15) is 0 Å². The maximum atomic E-state index is 3.84. The number of allylic oxidation sites excluding steroid dienone is 1. The van der Waals surface area contributed by atoms with Gasteiger partial charge in [0.1, 0.15) is 0 Å². The molecular formula is C18H28. The fourth-order valence-corrected chi connectivity index (χ4v) is 2.46. The van der Waals surface area contributed by atoms with Gasteiger partial charge in [0.15, 0.2) is 0 Å². The fourth-order valence-electron chi connectivity index (χ4n) is 2.46. The van der Waals surface area contributed by atoms with E-state index in [0.717, 1.165) is 12.8 Å². The van der Waals surface area contributed by atoms with Gasteiger partial charge >= 0.3 is 0 Å². The van der Waals surface area contributed by atoms with Crippen LogP contribution in [0.4, 0.5) is 0 Å². The third kappa shape index (κ3) is 4.68. The average molecular weight is 244 g/mol. The van der Waals surface area contributed by atoms with Crippen molar-refractivity contribution < 1.29 is 0 Å². The predicted octanol–water partition coefficient (Wildman–Crippen LogP) is 5.49. The minimum Gasteiger partial charge on any atom is -0.103 e. The van der Waals surface area contributed by atoms with Gasteiger partial charge in [-0.15, -0.1) is 6.58 Å². The lowest BCUT2D eigenvalue weighted by atomic mass is 9.91. The van der Waals surface area contributed by atoms with E-state index < -0.39 is 0 Å². The van der Waals surface area contributed by atoms with Gasteiger partial charge in [0.25, 0.3) is 0 Å². The predicted molar refractivity (Wildman–Crippen MR) is 82.2 cm³/mol. The van der Waals surface area contributed by atoms with Crippen LogP contribution in [0.15, 0.2) is 30.9 Å². The van der Waals surface area contributed by atoms with E-state index >= 15 is 0 Å². The van der Waals surface area contributed by atoms with Crippen LogP contribution in [-0.2, 0) is 19.3 Å². The van der Waals surface area contributed by atoms with Crippen molar-refractivity contribution in [2.75, 3.05) is 0 Å². The molecule has 18 heavy (non-hydrogen) atoms. The number of unbranched alkanes of at least 4 members (excludes halogenated alkanes) is 2. The molecule has 0 heteroatoms. The van der Waals surface area contributed by atoms with Crippen LogP contribution in [0.2, 0.25) is 0 Å². The molecule has 0 nitrogen and oxygen atoms in total. The topological polar surface area (TPSA) is 0 Å². The normalized spacial score (nSPS) is 10.6. The van der Waals surface area contributed by atoms with Crippen LogP contribution in [0, 0.1) is 0 Å². The lowest BCUT2D eigenvalue weighted by molar-refractivity contribution is 0.749. The van der Waals surface area contributed by atoms with Crippen LogP contribution in [0.5, 0.6) is 0 Å². The average Bonchev–Trinajstić information content (AvgIpc) is 2.41. The summed E-state index contributed by atoms with van der Waals surface area (Å²) in [7, 11) is 0. The molecule has 0 amide bonds. The molecule has 0 saturated heterocycles. The van der Waals surface area contributed by atoms with E-state index in [1.165, 1.54) is 38.5 Å². The molecule has 100 valence electrons. The van der Waals surface area contributed by atoms with Crippen LogP contribution in [0.25, 0.3) is 0 Å². The first-order chi connectivity index (χ1) is 8.83. The van der Waals surface area contributed by atoms with Crippen molar-refractivity contribution in [1.29, 1.82) is 0 Å². The highest BCUT2D eigenvalue weighted by molar-refractivity contribution is 5.36. The second-order valence-electron chi connectivity index (χ2n) is 5.09. The quantitative estimate of drug-likeness (QED) is 0.504. The minimum atomic E-state index is 1.09. The molecule has 1 aromatic carbocycles. The highest BCUT2D eigenvalue weighted by Gasteiger charge is 2.07. The van der Waals surface area contributed by atoms with Gasteiger partial charge in [-0.05, 0) is 55.2 Å². The maximum Gasteiger partial charge on any atom is -0.0241 e. The van der Waals surface area contributed by atoms with Gasteiger partial charge in [0, 0.05) is 0 Å². The van der Waals surface area contributed by atoms with Crippen molar-refractivity contribution in [3.63, 3.8) is 0 Å². The van der Waals surface area contributed by atoms with Crippen molar-refractivity contribution in [1.82, 2.24) is 0 Å². The fraction of sp³-hybridized carbons (Fsp3) is 0.556. The van der Waals surface area contributed by atoms with Crippen molar-refractivity contribution in [3.8, 4) is 0 Å². The van der Waals surface area contributed by atoms with Crippen molar-refractivity contribution in [3.05, 3.63) is 47.5 Å². The SMILES string of the molecule is C=CCCc1cccc(CCCC)c1CCCC. The van der Waals surface area contributed by atoms with Crippen molar-refractivity contribution in [2.45, 2.75) is 65.2 Å². The molecule has 0 heterocycles. The first kappa shape index (κ1) is 15.0. The Balaban J connectivity index is 2.88. The maximum absolute atomic E-state index is 3.84. The smallest absolute Gasteiger partial charge is 0.0241 e. The van der Waals surface area contributed by atoms with Crippen molar-refractivity contribution >= 4 is 0 Å². The van der Waals surface area contributed by atoms with Crippen LogP contribution in [0.3, 0.4) is 0 Å². The Morgan fingerprint density at radius 1 is 0.944 bits per heavy atom. The highest BCUT2D eigenvalue weighted by atomic mass is 14.1. The van der Waals surface area contributed by atoms with Gasteiger partial charge < -0.3 is 0 Å². The van der Waals surface area contributed by atoms with E-state index in [1.807, 2.05) is 6.08 Å². The molecule has 1 rings (SSSR count). The van der Waals surface area contributed by atoms with Crippen molar-refractivity contribution in [2.24, 2.45) is 0 Å². The number of aryl methyl sites for hydroxylation is 2. The monoisotopic (exact) mass is 244 g/mol. The Morgan fingerprint density at radius 2 is 1.56 bits per heavy atom. The summed E-state index contributed by atoms with van der Waals surface area (Å²) in [6, 6.07) is 6.88. The Hall–Kier alpha value is -1.04. The number of benzene rings is 1. The van der Waals surface area contributed by atoms with E-state index in [4.69, 9.17) is 0 Å². The molecule has 0 spiro atoms. The summed E-state index contributed by atoms with van der Waals surface area (Å²) >= 11 is 0. The summed E-state index contributed by atoms with van der Waals surface area (Å²) in [5.41, 5.74) is 4.78. The molecule has 0 aliphatic rings. The number of hydrogen-bond acceptors (Lipinski definition) is 0. The van der Waals surface area contributed by atoms with E-state index in [-0.39, 0.29) is 0 Å². The Kier molecular flexibility index (Phi) is 7.48. The lowest BCUT2D eigenvalue weighted by Crippen LogP contribution is -2.01. The third-order valence-electron chi connectivity index (χ3n) is 3.57. The summed E-state index contributed by atoms with van der Waals surface area (Å²) in [5, 5.41) is 0. The van der Waals surface area contributed by atoms with Gasteiger partial charge in [-0.25, -0.2) is 0 Å².